The Labute approximate surface area is 92.5 Å². The van der Waals surface area contributed by atoms with Crippen molar-refractivity contribution in [3.05, 3.63) is 35.9 Å². The molecule has 1 aromatic rings. The third-order valence-electron chi connectivity index (χ3n) is 3.05. The van der Waals surface area contributed by atoms with Crippen LogP contribution in [0, 0.1) is 0 Å². The van der Waals surface area contributed by atoms with Gasteiger partial charge in [-0.1, -0.05) is 30.3 Å². The average Bonchev–Trinajstić information content (AvgIpc) is 2.27. The van der Waals surface area contributed by atoms with E-state index < -0.39 is 6.10 Å². The molecule has 1 N–H and O–H groups in total. The van der Waals surface area contributed by atoms with Crippen LogP contribution in [0.25, 0.3) is 0 Å². The Morgan fingerprint density at radius 2 is 1.60 bits per heavy atom. The van der Waals surface area contributed by atoms with Gasteiger partial charge in [0, 0.05) is 12.1 Å². The zero-order chi connectivity index (χ0) is 11.4. The molecule has 2 atom stereocenters. The summed E-state index contributed by atoms with van der Waals surface area (Å²) in [7, 11) is 2.04. The molecule has 0 aromatic heterocycles. The molecule has 2 nitrogen and oxygen atoms in total. The fourth-order valence-corrected chi connectivity index (χ4v) is 1.62. The predicted molar refractivity (Wildman–Crippen MR) is 63.8 cm³/mol. The topological polar surface area (TPSA) is 23.5 Å². The fourth-order valence-electron chi connectivity index (χ4n) is 1.62. The van der Waals surface area contributed by atoms with Crippen molar-refractivity contribution in [3.8, 4) is 0 Å². The third kappa shape index (κ3) is 3.05. The van der Waals surface area contributed by atoms with Gasteiger partial charge < -0.3 is 5.11 Å². The molecule has 0 aliphatic rings. The van der Waals surface area contributed by atoms with Crippen molar-refractivity contribution in [1.29, 1.82) is 0 Å². The smallest absolute Gasteiger partial charge is 0.0942 e. The molecular formula is C13H21NO. The first-order valence-corrected chi connectivity index (χ1v) is 5.49. The van der Waals surface area contributed by atoms with Gasteiger partial charge in [-0.2, -0.15) is 0 Å². The van der Waals surface area contributed by atoms with Crippen LogP contribution in [-0.2, 0) is 0 Å². The molecule has 0 saturated carbocycles. The van der Waals surface area contributed by atoms with Gasteiger partial charge in [-0.15, -0.1) is 0 Å². The molecule has 0 heterocycles. The number of nitrogens with zero attached hydrogens (tertiary/aromatic N) is 1. The summed E-state index contributed by atoms with van der Waals surface area (Å²) >= 11 is 0. The maximum absolute atomic E-state index is 10.2. The molecule has 15 heavy (non-hydrogen) atoms. The second-order valence-corrected chi connectivity index (χ2v) is 4.36. The van der Waals surface area contributed by atoms with Gasteiger partial charge in [0.05, 0.1) is 6.10 Å². The molecule has 0 spiro atoms. The van der Waals surface area contributed by atoms with Crippen molar-refractivity contribution < 1.29 is 5.11 Å². The molecule has 0 fully saturated rings. The Bertz CT molecular complexity index is 284. The van der Waals surface area contributed by atoms with Gasteiger partial charge in [-0.25, -0.2) is 0 Å². The van der Waals surface area contributed by atoms with Gasteiger partial charge in [-0.3, -0.25) is 4.90 Å². The van der Waals surface area contributed by atoms with E-state index in [1.54, 1.807) is 0 Å². The van der Waals surface area contributed by atoms with Crippen LogP contribution in [0.1, 0.15) is 32.4 Å². The van der Waals surface area contributed by atoms with E-state index in [0.29, 0.717) is 6.04 Å². The lowest BCUT2D eigenvalue weighted by atomic mass is 10.0. The van der Waals surface area contributed by atoms with Crippen LogP contribution in [0.4, 0.5) is 0 Å². The van der Waals surface area contributed by atoms with E-state index in [-0.39, 0.29) is 6.04 Å². The molecule has 0 radical (unpaired) electrons. The van der Waals surface area contributed by atoms with E-state index in [1.807, 2.05) is 37.4 Å². The van der Waals surface area contributed by atoms with Gasteiger partial charge in [0.25, 0.3) is 0 Å². The molecule has 0 unspecified atom stereocenters. The summed E-state index contributed by atoms with van der Waals surface area (Å²) in [6.45, 7) is 6.32. The largest absolute Gasteiger partial charge is 0.387 e. The van der Waals surface area contributed by atoms with Crippen molar-refractivity contribution in [3.63, 3.8) is 0 Å². The van der Waals surface area contributed by atoms with Gasteiger partial charge in [0.2, 0.25) is 0 Å². The molecule has 2 heteroatoms. The molecule has 84 valence electrons. The molecule has 1 rings (SSSR count). The Hall–Kier alpha value is -0.860. The first kappa shape index (κ1) is 12.2. The summed E-state index contributed by atoms with van der Waals surface area (Å²) in [6.07, 6.45) is -0.418. The minimum absolute atomic E-state index is 0.132. The highest BCUT2D eigenvalue weighted by molar-refractivity contribution is 5.18. The number of rotatable bonds is 4. The quantitative estimate of drug-likeness (QED) is 0.819. The van der Waals surface area contributed by atoms with Crippen LogP contribution in [-0.4, -0.2) is 29.1 Å². The average molecular weight is 207 g/mol. The SMILES string of the molecule is CC(C)N(C)[C@H](C)[C@H](O)c1ccccc1. The van der Waals surface area contributed by atoms with E-state index in [4.69, 9.17) is 0 Å². The zero-order valence-electron chi connectivity index (χ0n) is 10.0. The van der Waals surface area contributed by atoms with Crippen LogP contribution >= 0.6 is 0 Å². The highest BCUT2D eigenvalue weighted by Gasteiger charge is 2.21. The minimum Gasteiger partial charge on any atom is -0.387 e. The number of hydrogen-bond donors (Lipinski definition) is 1. The third-order valence-corrected chi connectivity index (χ3v) is 3.05. The first-order valence-electron chi connectivity index (χ1n) is 5.49. The molecule has 1 aromatic carbocycles. The van der Waals surface area contributed by atoms with Crippen molar-refractivity contribution in [2.45, 2.75) is 39.0 Å². The summed E-state index contributed by atoms with van der Waals surface area (Å²) < 4.78 is 0. The summed E-state index contributed by atoms with van der Waals surface area (Å²) in [5.74, 6) is 0. The lowest BCUT2D eigenvalue weighted by Gasteiger charge is -2.32. The Balaban J connectivity index is 2.73. The summed E-state index contributed by atoms with van der Waals surface area (Å²) in [4.78, 5) is 2.18. The number of benzene rings is 1. The fraction of sp³-hybridized carbons (Fsp3) is 0.538. The van der Waals surface area contributed by atoms with E-state index in [9.17, 15) is 5.11 Å². The summed E-state index contributed by atoms with van der Waals surface area (Å²) in [5.41, 5.74) is 0.984. The lowest BCUT2D eigenvalue weighted by molar-refractivity contribution is 0.0571. The van der Waals surface area contributed by atoms with Crippen LogP contribution in [0.3, 0.4) is 0 Å². The maximum atomic E-state index is 10.2. The highest BCUT2D eigenvalue weighted by Crippen LogP contribution is 2.20. The normalized spacial score (nSPS) is 15.7. The first-order chi connectivity index (χ1) is 7.04. The molecule has 0 amide bonds. The number of likely N-dealkylation sites (N-methyl/N-ethyl adjacent to an activating group) is 1. The molecular weight excluding hydrogens is 186 g/mol. The van der Waals surface area contributed by atoms with Crippen molar-refractivity contribution in [1.82, 2.24) is 4.90 Å². The van der Waals surface area contributed by atoms with Gasteiger partial charge >= 0.3 is 0 Å². The molecule has 0 bridgehead atoms. The zero-order valence-corrected chi connectivity index (χ0v) is 10.0. The van der Waals surface area contributed by atoms with Gasteiger partial charge in [0.15, 0.2) is 0 Å². The summed E-state index contributed by atoms with van der Waals surface area (Å²) in [6, 6.07) is 10.4. The molecule has 0 aliphatic heterocycles. The van der Waals surface area contributed by atoms with Crippen molar-refractivity contribution in [2.75, 3.05) is 7.05 Å². The Morgan fingerprint density at radius 1 is 1.07 bits per heavy atom. The number of aliphatic hydroxyl groups excluding tert-OH is 1. The standard InChI is InChI=1S/C13H21NO/c1-10(2)14(4)11(3)13(15)12-8-6-5-7-9-12/h5-11,13,15H,1-4H3/t11-,13+/m1/s1. The van der Waals surface area contributed by atoms with E-state index in [1.165, 1.54) is 0 Å². The maximum Gasteiger partial charge on any atom is 0.0942 e. The van der Waals surface area contributed by atoms with Gasteiger partial charge in [-0.05, 0) is 33.4 Å². The van der Waals surface area contributed by atoms with Crippen LogP contribution in [0.5, 0.6) is 0 Å². The number of hydrogen-bond acceptors (Lipinski definition) is 2. The van der Waals surface area contributed by atoms with Crippen molar-refractivity contribution in [2.24, 2.45) is 0 Å². The van der Waals surface area contributed by atoms with Crippen LogP contribution < -0.4 is 0 Å². The van der Waals surface area contributed by atoms with E-state index in [2.05, 4.69) is 25.7 Å². The highest BCUT2D eigenvalue weighted by atomic mass is 16.3. The Kier molecular flexibility index (Phi) is 4.30. The van der Waals surface area contributed by atoms with E-state index >= 15 is 0 Å². The van der Waals surface area contributed by atoms with Gasteiger partial charge in [0.1, 0.15) is 0 Å². The summed E-state index contributed by atoms with van der Waals surface area (Å²) in [5, 5.41) is 10.2. The lowest BCUT2D eigenvalue weighted by Crippen LogP contribution is -2.39. The Morgan fingerprint density at radius 3 is 2.07 bits per heavy atom. The molecule has 0 saturated heterocycles. The second-order valence-electron chi connectivity index (χ2n) is 4.36. The van der Waals surface area contributed by atoms with Crippen molar-refractivity contribution >= 4 is 0 Å². The minimum atomic E-state index is -0.418. The number of aliphatic hydroxyl groups is 1. The van der Waals surface area contributed by atoms with Crippen LogP contribution in [0.15, 0.2) is 30.3 Å². The molecule has 0 aliphatic carbocycles. The predicted octanol–water partition coefficient (Wildman–Crippen LogP) is 2.45. The van der Waals surface area contributed by atoms with Crippen LogP contribution in [0.2, 0.25) is 0 Å². The monoisotopic (exact) mass is 207 g/mol. The second kappa shape index (κ2) is 5.29. The van der Waals surface area contributed by atoms with E-state index in [0.717, 1.165) is 5.56 Å².